The normalized spacial score (nSPS) is 10.5. The average molecular weight is 247 g/mol. The molecule has 0 aliphatic carbocycles. The quantitative estimate of drug-likeness (QED) is 0.774. The zero-order chi connectivity index (χ0) is 12.3. The number of hydrogen-bond acceptors (Lipinski definition) is 2. The highest BCUT2D eigenvalue weighted by Gasteiger charge is 2.08. The van der Waals surface area contributed by atoms with E-state index < -0.39 is 0 Å². The first kappa shape index (κ1) is 12.1. The number of nitrogens with zero attached hydrogens (tertiary/aromatic N) is 2. The van der Waals surface area contributed by atoms with Gasteiger partial charge in [0, 0.05) is 17.7 Å². The first-order valence-electron chi connectivity index (χ1n) is 5.76. The van der Waals surface area contributed by atoms with Crippen molar-refractivity contribution < 1.29 is 0 Å². The van der Waals surface area contributed by atoms with Crippen molar-refractivity contribution in [2.45, 2.75) is 26.7 Å². The van der Waals surface area contributed by atoms with Crippen molar-refractivity contribution in [3.05, 3.63) is 58.1 Å². The van der Waals surface area contributed by atoms with E-state index in [1.54, 1.807) is 0 Å². The van der Waals surface area contributed by atoms with Crippen LogP contribution in [-0.2, 0) is 12.8 Å². The number of aromatic nitrogens is 2. The fraction of sp³-hybridized carbons (Fsp3) is 0.286. The van der Waals surface area contributed by atoms with Gasteiger partial charge in [0.15, 0.2) is 0 Å². The van der Waals surface area contributed by atoms with Crippen LogP contribution >= 0.6 is 11.6 Å². The molecule has 0 aliphatic heterocycles. The third kappa shape index (κ3) is 2.83. The highest BCUT2D eigenvalue weighted by atomic mass is 35.5. The Balaban J connectivity index is 2.31. The predicted octanol–water partition coefficient (Wildman–Crippen LogP) is 3.59. The van der Waals surface area contributed by atoms with Gasteiger partial charge in [0.1, 0.15) is 11.0 Å². The van der Waals surface area contributed by atoms with E-state index >= 15 is 0 Å². The van der Waals surface area contributed by atoms with E-state index in [9.17, 15) is 0 Å². The summed E-state index contributed by atoms with van der Waals surface area (Å²) in [5, 5.41) is 0.572. The van der Waals surface area contributed by atoms with Crippen LogP contribution in [0.2, 0.25) is 5.15 Å². The van der Waals surface area contributed by atoms with E-state index in [-0.39, 0.29) is 0 Å². The van der Waals surface area contributed by atoms with Crippen LogP contribution in [0.15, 0.2) is 30.3 Å². The Kier molecular flexibility index (Phi) is 3.75. The third-order valence-electron chi connectivity index (χ3n) is 2.77. The minimum Gasteiger partial charge on any atom is -0.237 e. The molecule has 17 heavy (non-hydrogen) atoms. The van der Waals surface area contributed by atoms with Crippen molar-refractivity contribution in [1.29, 1.82) is 0 Å². The summed E-state index contributed by atoms with van der Waals surface area (Å²) in [5.41, 5.74) is 3.23. The van der Waals surface area contributed by atoms with Gasteiger partial charge in [-0.15, -0.1) is 0 Å². The van der Waals surface area contributed by atoms with Crippen LogP contribution < -0.4 is 0 Å². The van der Waals surface area contributed by atoms with Crippen molar-refractivity contribution >= 4 is 11.6 Å². The molecule has 1 aromatic carbocycles. The SMILES string of the molecule is CCc1nc(Cc2ccccc2)nc(Cl)c1C. The van der Waals surface area contributed by atoms with Crippen LogP contribution in [-0.4, -0.2) is 9.97 Å². The van der Waals surface area contributed by atoms with Crippen LogP contribution in [0.5, 0.6) is 0 Å². The largest absolute Gasteiger partial charge is 0.237 e. The summed E-state index contributed by atoms with van der Waals surface area (Å²) in [6, 6.07) is 10.2. The van der Waals surface area contributed by atoms with Gasteiger partial charge in [-0.3, -0.25) is 0 Å². The van der Waals surface area contributed by atoms with Crippen molar-refractivity contribution in [1.82, 2.24) is 9.97 Å². The van der Waals surface area contributed by atoms with Gasteiger partial charge in [0.05, 0.1) is 0 Å². The van der Waals surface area contributed by atoms with E-state index in [0.29, 0.717) is 5.15 Å². The van der Waals surface area contributed by atoms with Crippen LogP contribution in [0.3, 0.4) is 0 Å². The summed E-state index contributed by atoms with van der Waals surface area (Å²) in [6.45, 7) is 4.05. The maximum absolute atomic E-state index is 6.11. The topological polar surface area (TPSA) is 25.8 Å². The maximum Gasteiger partial charge on any atom is 0.135 e. The lowest BCUT2D eigenvalue weighted by atomic mass is 10.1. The molecule has 0 amide bonds. The molecule has 88 valence electrons. The predicted molar refractivity (Wildman–Crippen MR) is 70.4 cm³/mol. The molecule has 2 aromatic rings. The Morgan fingerprint density at radius 3 is 2.47 bits per heavy atom. The molecule has 0 N–H and O–H groups in total. The summed E-state index contributed by atoms with van der Waals surface area (Å²) < 4.78 is 0. The number of aryl methyl sites for hydroxylation is 1. The molecule has 0 spiro atoms. The lowest BCUT2D eigenvalue weighted by Crippen LogP contribution is -2.03. The second kappa shape index (κ2) is 5.28. The monoisotopic (exact) mass is 246 g/mol. The van der Waals surface area contributed by atoms with Crippen molar-refractivity contribution in [2.75, 3.05) is 0 Å². The molecule has 2 rings (SSSR count). The highest BCUT2D eigenvalue weighted by molar-refractivity contribution is 6.30. The molecule has 1 heterocycles. The van der Waals surface area contributed by atoms with Crippen LogP contribution in [0.1, 0.15) is 29.6 Å². The molecule has 2 nitrogen and oxygen atoms in total. The standard InChI is InChI=1S/C14H15ClN2/c1-3-12-10(2)14(15)17-13(16-12)9-11-7-5-4-6-8-11/h4-8H,3,9H2,1-2H3. The third-order valence-corrected chi connectivity index (χ3v) is 3.14. The molecule has 0 radical (unpaired) electrons. The molecular weight excluding hydrogens is 232 g/mol. The Morgan fingerprint density at radius 1 is 1.12 bits per heavy atom. The molecule has 0 atom stereocenters. The van der Waals surface area contributed by atoms with Gasteiger partial charge in [-0.2, -0.15) is 0 Å². The molecule has 1 aromatic heterocycles. The van der Waals surface area contributed by atoms with E-state index in [1.165, 1.54) is 5.56 Å². The van der Waals surface area contributed by atoms with Crippen LogP contribution in [0.4, 0.5) is 0 Å². The fourth-order valence-electron chi connectivity index (χ4n) is 1.78. The lowest BCUT2D eigenvalue weighted by molar-refractivity contribution is 0.889. The zero-order valence-corrected chi connectivity index (χ0v) is 10.8. The molecule has 0 unspecified atom stereocenters. The molecule has 0 fully saturated rings. The van der Waals surface area contributed by atoms with Gasteiger partial charge in [0.2, 0.25) is 0 Å². The van der Waals surface area contributed by atoms with Crippen LogP contribution in [0.25, 0.3) is 0 Å². The van der Waals surface area contributed by atoms with E-state index in [1.807, 2.05) is 25.1 Å². The molecule has 0 bridgehead atoms. The van der Waals surface area contributed by atoms with Crippen molar-refractivity contribution in [3.63, 3.8) is 0 Å². The molecule has 0 saturated heterocycles. The van der Waals surface area contributed by atoms with Crippen molar-refractivity contribution in [3.8, 4) is 0 Å². The first-order chi connectivity index (χ1) is 8.20. The van der Waals surface area contributed by atoms with Gasteiger partial charge < -0.3 is 0 Å². The Hall–Kier alpha value is -1.41. The number of benzene rings is 1. The molecule has 3 heteroatoms. The zero-order valence-electron chi connectivity index (χ0n) is 10.1. The molecule has 0 saturated carbocycles. The van der Waals surface area contributed by atoms with E-state index in [4.69, 9.17) is 11.6 Å². The van der Waals surface area contributed by atoms with Gasteiger partial charge in [-0.05, 0) is 18.9 Å². The fourth-order valence-corrected chi connectivity index (χ4v) is 1.99. The minimum atomic E-state index is 0.572. The van der Waals surface area contributed by atoms with Gasteiger partial charge in [-0.1, -0.05) is 48.9 Å². The summed E-state index contributed by atoms with van der Waals surface area (Å²) >= 11 is 6.11. The summed E-state index contributed by atoms with van der Waals surface area (Å²) in [6.07, 6.45) is 1.61. The molecular formula is C14H15ClN2. The maximum atomic E-state index is 6.11. The summed E-state index contributed by atoms with van der Waals surface area (Å²) in [7, 11) is 0. The minimum absolute atomic E-state index is 0.572. The Bertz CT molecular complexity index is 509. The van der Waals surface area contributed by atoms with E-state index in [0.717, 1.165) is 29.9 Å². The summed E-state index contributed by atoms with van der Waals surface area (Å²) in [5.74, 6) is 0.795. The second-order valence-corrected chi connectivity index (χ2v) is 4.38. The lowest BCUT2D eigenvalue weighted by Gasteiger charge is -2.07. The van der Waals surface area contributed by atoms with Gasteiger partial charge >= 0.3 is 0 Å². The number of rotatable bonds is 3. The summed E-state index contributed by atoms with van der Waals surface area (Å²) in [4.78, 5) is 8.88. The second-order valence-electron chi connectivity index (χ2n) is 4.02. The Morgan fingerprint density at radius 2 is 1.82 bits per heavy atom. The smallest absolute Gasteiger partial charge is 0.135 e. The highest BCUT2D eigenvalue weighted by Crippen LogP contribution is 2.17. The van der Waals surface area contributed by atoms with E-state index in [2.05, 4.69) is 29.0 Å². The average Bonchev–Trinajstić information content (AvgIpc) is 2.35. The van der Waals surface area contributed by atoms with Crippen molar-refractivity contribution in [2.24, 2.45) is 0 Å². The number of hydrogen-bond donors (Lipinski definition) is 0. The van der Waals surface area contributed by atoms with Gasteiger partial charge in [0.25, 0.3) is 0 Å². The number of halogens is 1. The van der Waals surface area contributed by atoms with Gasteiger partial charge in [-0.25, -0.2) is 9.97 Å². The molecule has 0 aliphatic rings. The Labute approximate surface area is 107 Å². The first-order valence-corrected chi connectivity index (χ1v) is 6.14. The van der Waals surface area contributed by atoms with Crippen LogP contribution in [0, 0.1) is 6.92 Å².